The van der Waals surface area contributed by atoms with E-state index in [4.69, 9.17) is 0 Å². The summed E-state index contributed by atoms with van der Waals surface area (Å²) in [5.41, 5.74) is 0. The van der Waals surface area contributed by atoms with Crippen LogP contribution in [0.4, 0.5) is 0 Å². The van der Waals surface area contributed by atoms with Gasteiger partial charge in [-0.05, 0) is 12.8 Å². The molecule has 7 heteroatoms. The van der Waals surface area contributed by atoms with E-state index in [0.717, 1.165) is 0 Å². The molecule has 2 heterocycles. The van der Waals surface area contributed by atoms with Gasteiger partial charge in [0.15, 0.2) is 0 Å². The molecule has 2 aliphatic heterocycles. The predicted octanol–water partition coefficient (Wildman–Crippen LogP) is -1.21. The topological polar surface area (TPSA) is 81.8 Å². The highest BCUT2D eigenvalue weighted by atomic mass is 16.2. The summed E-state index contributed by atoms with van der Waals surface area (Å²) in [5, 5.41) is 6.07. The maximum absolute atomic E-state index is 12.1. The van der Waals surface area contributed by atoms with Crippen molar-refractivity contribution in [1.29, 1.82) is 0 Å². The molecule has 0 aliphatic carbocycles. The van der Waals surface area contributed by atoms with Gasteiger partial charge in [0, 0.05) is 32.2 Å². The average Bonchev–Trinajstić information content (AvgIpc) is 2.44. The monoisotopic (exact) mass is 296 g/mol. The van der Waals surface area contributed by atoms with Crippen molar-refractivity contribution in [1.82, 2.24) is 20.4 Å². The van der Waals surface area contributed by atoms with Crippen LogP contribution in [0.2, 0.25) is 0 Å². The molecule has 0 aromatic heterocycles. The number of amides is 3. The molecule has 0 aromatic carbocycles. The molecule has 2 rings (SSSR count). The molecule has 0 aromatic rings. The Kier molecular flexibility index (Phi) is 4.82. The minimum atomic E-state index is -0.569. The molecule has 2 saturated heterocycles. The normalized spacial score (nSPS) is 24.1. The van der Waals surface area contributed by atoms with Gasteiger partial charge in [-0.2, -0.15) is 0 Å². The molecule has 118 valence electrons. The summed E-state index contributed by atoms with van der Waals surface area (Å²) in [6, 6.07) is 0.0141. The first-order valence-electron chi connectivity index (χ1n) is 7.50. The predicted molar refractivity (Wildman–Crippen MR) is 77.4 cm³/mol. The molecule has 2 fully saturated rings. The van der Waals surface area contributed by atoms with Crippen molar-refractivity contribution < 1.29 is 14.4 Å². The molecule has 21 heavy (non-hydrogen) atoms. The van der Waals surface area contributed by atoms with Gasteiger partial charge in [-0.3, -0.25) is 14.4 Å². The quantitative estimate of drug-likeness (QED) is 0.638. The van der Waals surface area contributed by atoms with Crippen LogP contribution in [0.5, 0.6) is 0 Å². The Bertz CT molecular complexity index is 438. The lowest BCUT2D eigenvalue weighted by Crippen LogP contribution is -2.66. The minimum Gasteiger partial charge on any atom is -0.352 e. The minimum absolute atomic E-state index is 0.0285. The summed E-state index contributed by atoms with van der Waals surface area (Å²) in [6.07, 6.45) is 0. The van der Waals surface area contributed by atoms with E-state index < -0.39 is 11.8 Å². The Morgan fingerprint density at radius 3 is 2.71 bits per heavy atom. The largest absolute Gasteiger partial charge is 0.352 e. The van der Waals surface area contributed by atoms with Crippen molar-refractivity contribution in [2.45, 2.75) is 32.9 Å². The van der Waals surface area contributed by atoms with E-state index in [2.05, 4.69) is 10.6 Å². The Morgan fingerprint density at radius 2 is 2.05 bits per heavy atom. The molecule has 2 N–H and O–H groups in total. The number of hydrogen-bond acceptors (Lipinski definition) is 4. The van der Waals surface area contributed by atoms with Crippen molar-refractivity contribution in [3.63, 3.8) is 0 Å². The number of fused-ring (bicyclic) bond motifs is 1. The SMILES string of the molecule is CC(C)C(C)NC(=O)CN1CC2CNCCN2C(=O)C1=O. The molecule has 0 saturated carbocycles. The molecule has 7 nitrogen and oxygen atoms in total. The third-order valence-electron chi connectivity index (χ3n) is 4.24. The molecule has 3 amide bonds. The van der Waals surface area contributed by atoms with Crippen LogP contribution in [0.15, 0.2) is 0 Å². The molecule has 0 radical (unpaired) electrons. The van der Waals surface area contributed by atoms with Crippen LogP contribution in [0.3, 0.4) is 0 Å². The lowest BCUT2D eigenvalue weighted by Gasteiger charge is -2.43. The summed E-state index contributed by atoms with van der Waals surface area (Å²) in [6.45, 7) is 8.27. The smallest absolute Gasteiger partial charge is 0.312 e. The summed E-state index contributed by atoms with van der Waals surface area (Å²) in [5.74, 6) is -0.946. The van der Waals surface area contributed by atoms with Crippen molar-refractivity contribution in [3.8, 4) is 0 Å². The second kappa shape index (κ2) is 6.43. The fourth-order valence-electron chi connectivity index (χ4n) is 2.56. The zero-order valence-electron chi connectivity index (χ0n) is 12.9. The standard InChI is InChI=1S/C14H24N4O3/c1-9(2)10(3)16-12(19)8-17-7-11-6-15-4-5-18(11)14(21)13(17)20/h9-11,15H,4-8H2,1-3H3,(H,16,19). The molecule has 0 spiro atoms. The Hall–Kier alpha value is -1.63. The molecular formula is C14H24N4O3. The third kappa shape index (κ3) is 3.53. The van der Waals surface area contributed by atoms with Crippen molar-refractivity contribution in [2.24, 2.45) is 5.92 Å². The summed E-state index contributed by atoms with van der Waals surface area (Å²) in [4.78, 5) is 39.1. The highest BCUT2D eigenvalue weighted by Crippen LogP contribution is 2.13. The van der Waals surface area contributed by atoms with Gasteiger partial charge in [-0.15, -0.1) is 0 Å². The van der Waals surface area contributed by atoms with E-state index in [-0.39, 0.29) is 24.5 Å². The van der Waals surface area contributed by atoms with Crippen LogP contribution in [0, 0.1) is 5.92 Å². The van der Waals surface area contributed by atoms with Crippen LogP contribution in [-0.2, 0) is 14.4 Å². The second-order valence-electron chi connectivity index (χ2n) is 6.14. The molecule has 2 unspecified atom stereocenters. The van der Waals surface area contributed by atoms with Gasteiger partial charge in [0.25, 0.3) is 0 Å². The zero-order chi connectivity index (χ0) is 15.6. The molecule has 0 bridgehead atoms. The Labute approximate surface area is 125 Å². The first-order valence-corrected chi connectivity index (χ1v) is 7.50. The Morgan fingerprint density at radius 1 is 1.33 bits per heavy atom. The number of rotatable bonds is 4. The van der Waals surface area contributed by atoms with Crippen LogP contribution < -0.4 is 10.6 Å². The van der Waals surface area contributed by atoms with Crippen LogP contribution in [-0.4, -0.2) is 72.3 Å². The first-order chi connectivity index (χ1) is 9.90. The lowest BCUT2D eigenvalue weighted by atomic mass is 10.1. The fraction of sp³-hybridized carbons (Fsp3) is 0.786. The second-order valence-corrected chi connectivity index (χ2v) is 6.14. The van der Waals surface area contributed by atoms with Gasteiger partial charge in [0.1, 0.15) is 6.54 Å². The summed E-state index contributed by atoms with van der Waals surface area (Å²) < 4.78 is 0. The van der Waals surface area contributed by atoms with Crippen LogP contribution in [0.25, 0.3) is 0 Å². The Balaban J connectivity index is 1.95. The molecular weight excluding hydrogens is 272 g/mol. The van der Waals surface area contributed by atoms with Gasteiger partial charge in [-0.1, -0.05) is 13.8 Å². The van der Waals surface area contributed by atoms with Gasteiger partial charge >= 0.3 is 11.8 Å². The zero-order valence-corrected chi connectivity index (χ0v) is 12.9. The number of carbonyl (C=O) groups is 3. The van der Waals surface area contributed by atoms with Gasteiger partial charge in [0.05, 0.1) is 6.04 Å². The number of piperazine rings is 2. The fourth-order valence-corrected chi connectivity index (χ4v) is 2.56. The van der Waals surface area contributed by atoms with Crippen LogP contribution >= 0.6 is 0 Å². The van der Waals surface area contributed by atoms with E-state index in [1.165, 1.54) is 4.90 Å². The van der Waals surface area contributed by atoms with E-state index in [1.54, 1.807) is 4.90 Å². The number of nitrogens with one attached hydrogen (secondary N) is 2. The van der Waals surface area contributed by atoms with Crippen LogP contribution in [0.1, 0.15) is 20.8 Å². The lowest BCUT2D eigenvalue weighted by molar-refractivity contribution is -0.160. The van der Waals surface area contributed by atoms with E-state index >= 15 is 0 Å². The highest BCUT2D eigenvalue weighted by Gasteiger charge is 2.40. The van der Waals surface area contributed by atoms with E-state index in [9.17, 15) is 14.4 Å². The first kappa shape index (κ1) is 15.8. The van der Waals surface area contributed by atoms with Crippen molar-refractivity contribution in [2.75, 3.05) is 32.7 Å². The molecule has 2 atom stereocenters. The number of nitrogens with zero attached hydrogens (tertiary/aromatic N) is 2. The van der Waals surface area contributed by atoms with E-state index in [0.29, 0.717) is 32.1 Å². The number of hydrogen-bond donors (Lipinski definition) is 2. The van der Waals surface area contributed by atoms with Gasteiger partial charge in [0.2, 0.25) is 5.91 Å². The molecule has 2 aliphatic rings. The van der Waals surface area contributed by atoms with Crippen molar-refractivity contribution >= 4 is 17.7 Å². The third-order valence-corrected chi connectivity index (χ3v) is 4.24. The van der Waals surface area contributed by atoms with Gasteiger partial charge in [-0.25, -0.2) is 0 Å². The van der Waals surface area contributed by atoms with Gasteiger partial charge < -0.3 is 20.4 Å². The number of carbonyl (C=O) groups excluding carboxylic acids is 3. The summed E-state index contributed by atoms with van der Waals surface area (Å²) in [7, 11) is 0. The summed E-state index contributed by atoms with van der Waals surface area (Å²) >= 11 is 0. The average molecular weight is 296 g/mol. The maximum atomic E-state index is 12.1. The highest BCUT2D eigenvalue weighted by molar-refractivity contribution is 6.35. The van der Waals surface area contributed by atoms with E-state index in [1.807, 2.05) is 20.8 Å². The van der Waals surface area contributed by atoms with Crippen molar-refractivity contribution in [3.05, 3.63) is 0 Å². The maximum Gasteiger partial charge on any atom is 0.312 e.